The molecule has 0 bridgehead atoms. The lowest BCUT2D eigenvalue weighted by atomic mass is 9.80. The highest BCUT2D eigenvalue weighted by Crippen LogP contribution is 2.36. The minimum absolute atomic E-state index is 0.304. The van der Waals surface area contributed by atoms with Crippen LogP contribution in [0.15, 0.2) is 18.2 Å². The van der Waals surface area contributed by atoms with Crippen molar-refractivity contribution in [3.8, 4) is 5.75 Å². The first-order valence-corrected chi connectivity index (χ1v) is 9.19. The summed E-state index contributed by atoms with van der Waals surface area (Å²) >= 11 is 0. The Morgan fingerprint density at radius 2 is 2.04 bits per heavy atom. The molecule has 1 aromatic carbocycles. The Kier molecular flexibility index (Phi) is 5.44. The van der Waals surface area contributed by atoms with E-state index in [-0.39, 0.29) is 0 Å². The minimum Gasteiger partial charge on any atom is -0.497 e. The highest BCUT2D eigenvalue weighted by Gasteiger charge is 2.28. The van der Waals surface area contributed by atoms with Crippen LogP contribution >= 0.6 is 0 Å². The highest BCUT2D eigenvalue weighted by atomic mass is 16.5. The Bertz CT molecular complexity index is 579. The summed E-state index contributed by atoms with van der Waals surface area (Å²) in [5.74, 6) is 1.59. The number of carbonyl (C=O) groups excluding carboxylic acids is 1. The fourth-order valence-electron chi connectivity index (χ4n) is 4.17. The van der Waals surface area contributed by atoms with Crippen LogP contribution in [0.1, 0.15) is 49.1 Å². The molecule has 1 aliphatic heterocycles. The molecule has 1 heterocycles. The second kappa shape index (κ2) is 7.56. The van der Waals surface area contributed by atoms with Crippen LogP contribution in [0.2, 0.25) is 0 Å². The van der Waals surface area contributed by atoms with E-state index in [1.165, 1.54) is 11.1 Å². The van der Waals surface area contributed by atoms with Crippen LogP contribution in [0.25, 0.3) is 0 Å². The van der Waals surface area contributed by atoms with Gasteiger partial charge in [-0.05, 0) is 81.4 Å². The van der Waals surface area contributed by atoms with Crippen LogP contribution in [0.5, 0.6) is 5.75 Å². The zero-order valence-electron chi connectivity index (χ0n) is 15.3. The molecule has 4 nitrogen and oxygen atoms in total. The molecule has 1 saturated heterocycles. The van der Waals surface area contributed by atoms with Crippen molar-refractivity contribution < 1.29 is 9.53 Å². The molecule has 24 heavy (non-hydrogen) atoms. The molecule has 1 fully saturated rings. The van der Waals surface area contributed by atoms with E-state index in [1.807, 2.05) is 18.0 Å². The number of benzene rings is 1. The van der Waals surface area contributed by atoms with E-state index in [4.69, 9.17) is 4.74 Å². The largest absolute Gasteiger partial charge is 0.497 e. The van der Waals surface area contributed by atoms with Crippen LogP contribution in [-0.2, 0) is 11.2 Å². The third kappa shape index (κ3) is 3.75. The Balaban J connectivity index is 1.65. The van der Waals surface area contributed by atoms with E-state index in [9.17, 15) is 4.79 Å². The number of piperidine rings is 1. The Morgan fingerprint density at radius 3 is 2.75 bits per heavy atom. The van der Waals surface area contributed by atoms with E-state index >= 15 is 0 Å². The molecule has 0 saturated carbocycles. The molecule has 2 aliphatic rings. The summed E-state index contributed by atoms with van der Waals surface area (Å²) in [6.45, 7) is 2.18. The van der Waals surface area contributed by atoms with Crippen molar-refractivity contribution in [3.05, 3.63) is 29.3 Å². The second-order valence-corrected chi connectivity index (χ2v) is 7.40. The smallest absolute Gasteiger partial charge is 0.223 e. The predicted molar refractivity (Wildman–Crippen MR) is 96.6 cm³/mol. The van der Waals surface area contributed by atoms with Crippen molar-refractivity contribution in [1.29, 1.82) is 0 Å². The Morgan fingerprint density at radius 1 is 1.29 bits per heavy atom. The topological polar surface area (TPSA) is 32.8 Å². The molecule has 1 atom stereocenters. The van der Waals surface area contributed by atoms with Crippen molar-refractivity contribution in [1.82, 2.24) is 9.80 Å². The van der Waals surface area contributed by atoms with Crippen molar-refractivity contribution in [2.24, 2.45) is 0 Å². The van der Waals surface area contributed by atoms with E-state index in [1.54, 1.807) is 7.11 Å². The summed E-state index contributed by atoms with van der Waals surface area (Å²) in [7, 11) is 5.86. The minimum atomic E-state index is 0.304. The number of fused-ring (bicyclic) bond motifs is 1. The monoisotopic (exact) mass is 330 g/mol. The van der Waals surface area contributed by atoms with Gasteiger partial charge in [0.15, 0.2) is 0 Å². The van der Waals surface area contributed by atoms with Crippen molar-refractivity contribution in [3.63, 3.8) is 0 Å². The van der Waals surface area contributed by atoms with Gasteiger partial charge >= 0.3 is 0 Å². The molecule has 132 valence electrons. The highest BCUT2D eigenvalue weighted by molar-refractivity contribution is 5.77. The molecule has 0 spiro atoms. The van der Waals surface area contributed by atoms with Gasteiger partial charge in [0, 0.05) is 19.5 Å². The van der Waals surface area contributed by atoms with Gasteiger partial charge in [0.25, 0.3) is 0 Å². The lowest BCUT2D eigenvalue weighted by Crippen LogP contribution is -2.44. The summed E-state index contributed by atoms with van der Waals surface area (Å²) in [5, 5.41) is 0. The van der Waals surface area contributed by atoms with Crippen LogP contribution in [0.4, 0.5) is 0 Å². The van der Waals surface area contributed by atoms with Gasteiger partial charge in [0.1, 0.15) is 5.75 Å². The number of hydrogen-bond acceptors (Lipinski definition) is 3. The predicted octanol–water partition coefficient (Wildman–Crippen LogP) is 3.06. The fourth-order valence-corrected chi connectivity index (χ4v) is 4.17. The molecular weight excluding hydrogens is 300 g/mol. The number of methoxy groups -OCH3 is 1. The van der Waals surface area contributed by atoms with E-state index in [0.29, 0.717) is 24.3 Å². The van der Waals surface area contributed by atoms with E-state index in [0.717, 1.165) is 50.9 Å². The number of rotatable bonds is 4. The third-order valence-corrected chi connectivity index (χ3v) is 5.84. The number of aryl methyl sites for hydroxylation is 1. The van der Waals surface area contributed by atoms with Crippen molar-refractivity contribution in [2.75, 3.05) is 34.3 Å². The number of nitrogens with zero attached hydrogens (tertiary/aromatic N) is 2. The van der Waals surface area contributed by atoms with Crippen molar-refractivity contribution >= 4 is 5.91 Å². The standard InChI is InChI=1S/C20H30N2O2/c1-21-11-9-17(10-12-21)22(2)20(23)14-16-6-4-5-15-13-18(24-3)7-8-19(15)16/h7-8,13,16-17H,4-6,9-12,14H2,1-3H3. The average molecular weight is 330 g/mol. The lowest BCUT2D eigenvalue weighted by molar-refractivity contribution is -0.133. The van der Waals surface area contributed by atoms with Gasteiger partial charge in [-0.2, -0.15) is 0 Å². The van der Waals surface area contributed by atoms with Gasteiger partial charge in [-0.3, -0.25) is 4.79 Å². The number of hydrogen-bond donors (Lipinski definition) is 0. The van der Waals surface area contributed by atoms with Crippen LogP contribution < -0.4 is 4.74 Å². The zero-order chi connectivity index (χ0) is 17.1. The van der Waals surface area contributed by atoms with Gasteiger partial charge in [0.05, 0.1) is 7.11 Å². The molecule has 0 radical (unpaired) electrons. The first-order chi connectivity index (χ1) is 11.6. The van der Waals surface area contributed by atoms with Gasteiger partial charge in [-0.15, -0.1) is 0 Å². The summed E-state index contributed by atoms with van der Waals surface area (Å²) in [6, 6.07) is 6.75. The van der Waals surface area contributed by atoms with Crippen LogP contribution in [0, 0.1) is 0 Å². The molecular formula is C20H30N2O2. The molecule has 4 heteroatoms. The first kappa shape index (κ1) is 17.3. The lowest BCUT2D eigenvalue weighted by Gasteiger charge is -2.36. The van der Waals surface area contributed by atoms with E-state index < -0.39 is 0 Å². The summed E-state index contributed by atoms with van der Waals surface area (Å²) in [6.07, 6.45) is 6.21. The molecule has 0 N–H and O–H groups in total. The normalized spacial score (nSPS) is 22.0. The molecule has 1 aliphatic carbocycles. The summed E-state index contributed by atoms with van der Waals surface area (Å²) < 4.78 is 5.34. The van der Waals surface area contributed by atoms with Gasteiger partial charge in [-0.25, -0.2) is 0 Å². The van der Waals surface area contributed by atoms with Gasteiger partial charge in [-0.1, -0.05) is 6.07 Å². The quantitative estimate of drug-likeness (QED) is 0.850. The SMILES string of the molecule is COc1ccc2c(c1)CCCC2CC(=O)N(C)C1CCN(C)CC1. The zero-order valence-corrected chi connectivity index (χ0v) is 15.3. The molecule has 1 aromatic rings. The van der Waals surface area contributed by atoms with Gasteiger partial charge < -0.3 is 14.5 Å². The summed E-state index contributed by atoms with van der Waals surface area (Å²) in [4.78, 5) is 17.2. The Hall–Kier alpha value is -1.55. The molecule has 1 amide bonds. The van der Waals surface area contributed by atoms with Crippen LogP contribution in [0.3, 0.4) is 0 Å². The Labute approximate surface area is 145 Å². The number of likely N-dealkylation sites (tertiary alicyclic amines) is 1. The maximum absolute atomic E-state index is 12.8. The molecule has 1 unspecified atom stereocenters. The maximum atomic E-state index is 12.8. The van der Waals surface area contributed by atoms with Crippen LogP contribution in [-0.4, -0.2) is 56.0 Å². The molecule has 0 aromatic heterocycles. The number of carbonyl (C=O) groups is 1. The van der Waals surface area contributed by atoms with E-state index in [2.05, 4.69) is 24.1 Å². The summed E-state index contributed by atoms with van der Waals surface area (Å²) in [5.41, 5.74) is 2.72. The van der Waals surface area contributed by atoms with Gasteiger partial charge in [0.2, 0.25) is 5.91 Å². The average Bonchev–Trinajstić information content (AvgIpc) is 2.61. The number of amides is 1. The van der Waals surface area contributed by atoms with Crippen molar-refractivity contribution in [2.45, 2.75) is 50.5 Å². The second-order valence-electron chi connectivity index (χ2n) is 7.40. The first-order valence-electron chi connectivity index (χ1n) is 9.19. The maximum Gasteiger partial charge on any atom is 0.223 e. The fraction of sp³-hybridized carbons (Fsp3) is 0.650. The number of ether oxygens (including phenoxy) is 1. The third-order valence-electron chi connectivity index (χ3n) is 5.84. The molecule has 3 rings (SSSR count).